The molecule has 1 aliphatic carbocycles. The minimum atomic E-state index is -0.149. The minimum absolute atomic E-state index is 0.0423. The number of rotatable bonds is 1. The molecular weight excluding hydrogens is 190 g/mol. The SMILES string of the molecule is CC1(c2cc(=O)[nH]c(N)n2)CCCCC1. The van der Waals surface area contributed by atoms with Crippen molar-refractivity contribution in [2.24, 2.45) is 0 Å². The van der Waals surface area contributed by atoms with Crippen molar-refractivity contribution in [2.75, 3.05) is 5.73 Å². The minimum Gasteiger partial charge on any atom is -0.369 e. The molecule has 0 radical (unpaired) electrons. The van der Waals surface area contributed by atoms with Crippen LogP contribution in [0, 0.1) is 0 Å². The molecule has 82 valence electrons. The molecule has 0 aliphatic heterocycles. The van der Waals surface area contributed by atoms with Crippen molar-refractivity contribution in [1.29, 1.82) is 0 Å². The summed E-state index contributed by atoms with van der Waals surface area (Å²) in [5, 5.41) is 0. The van der Waals surface area contributed by atoms with Crippen molar-refractivity contribution >= 4 is 5.95 Å². The van der Waals surface area contributed by atoms with E-state index in [0.29, 0.717) is 0 Å². The van der Waals surface area contributed by atoms with Crippen LogP contribution in [0.3, 0.4) is 0 Å². The smallest absolute Gasteiger partial charge is 0.252 e. The summed E-state index contributed by atoms with van der Waals surface area (Å²) in [6, 6.07) is 1.58. The number of anilines is 1. The lowest BCUT2D eigenvalue weighted by molar-refractivity contribution is 0.312. The van der Waals surface area contributed by atoms with Gasteiger partial charge in [-0.3, -0.25) is 9.78 Å². The highest BCUT2D eigenvalue weighted by atomic mass is 16.1. The third-order valence-electron chi connectivity index (χ3n) is 3.34. The van der Waals surface area contributed by atoms with Crippen molar-refractivity contribution in [3.63, 3.8) is 0 Å². The van der Waals surface area contributed by atoms with Crippen LogP contribution in [0.1, 0.15) is 44.7 Å². The van der Waals surface area contributed by atoms with Gasteiger partial charge in [0.25, 0.3) is 5.56 Å². The second kappa shape index (κ2) is 3.68. The molecule has 0 aromatic carbocycles. The number of nitrogens with two attached hydrogens (primary N) is 1. The van der Waals surface area contributed by atoms with Crippen LogP contribution in [0.2, 0.25) is 0 Å². The number of nitrogens with one attached hydrogen (secondary N) is 1. The largest absolute Gasteiger partial charge is 0.369 e. The fourth-order valence-electron chi connectivity index (χ4n) is 2.37. The number of nitrogen functional groups attached to an aromatic ring is 1. The van der Waals surface area contributed by atoms with Gasteiger partial charge >= 0.3 is 0 Å². The monoisotopic (exact) mass is 207 g/mol. The molecular formula is C11H17N3O. The molecule has 1 saturated carbocycles. The van der Waals surface area contributed by atoms with E-state index in [1.807, 2.05) is 0 Å². The molecule has 0 spiro atoms. The Balaban J connectivity index is 2.38. The number of hydrogen-bond donors (Lipinski definition) is 2. The normalized spacial score (nSPS) is 20.1. The third-order valence-corrected chi connectivity index (χ3v) is 3.34. The maximum absolute atomic E-state index is 11.3. The van der Waals surface area contributed by atoms with Gasteiger partial charge in [0.1, 0.15) is 0 Å². The van der Waals surface area contributed by atoms with Crippen LogP contribution in [0.4, 0.5) is 5.95 Å². The van der Waals surface area contributed by atoms with Gasteiger partial charge in [0.15, 0.2) is 0 Å². The van der Waals surface area contributed by atoms with E-state index in [9.17, 15) is 4.79 Å². The standard InChI is InChI=1S/C11H17N3O/c1-11(5-3-2-4-6-11)8-7-9(15)14-10(12)13-8/h7H,2-6H2,1H3,(H3,12,13,14,15). The predicted octanol–water partition coefficient (Wildman–Crippen LogP) is 1.57. The Morgan fingerprint density at radius 3 is 2.67 bits per heavy atom. The molecule has 2 rings (SSSR count). The molecule has 0 atom stereocenters. The molecule has 0 bridgehead atoms. The summed E-state index contributed by atoms with van der Waals surface area (Å²) in [6.45, 7) is 2.17. The molecule has 3 N–H and O–H groups in total. The Hall–Kier alpha value is -1.32. The van der Waals surface area contributed by atoms with Gasteiger partial charge in [-0.15, -0.1) is 0 Å². The van der Waals surface area contributed by atoms with Crippen molar-refractivity contribution in [1.82, 2.24) is 9.97 Å². The predicted molar refractivity (Wildman–Crippen MR) is 59.7 cm³/mol. The van der Waals surface area contributed by atoms with Crippen molar-refractivity contribution in [2.45, 2.75) is 44.4 Å². The Morgan fingerprint density at radius 1 is 1.40 bits per heavy atom. The van der Waals surface area contributed by atoms with Crippen molar-refractivity contribution in [3.8, 4) is 0 Å². The molecule has 0 amide bonds. The zero-order valence-corrected chi connectivity index (χ0v) is 9.05. The van der Waals surface area contributed by atoms with Gasteiger partial charge in [-0.05, 0) is 12.8 Å². The molecule has 4 heteroatoms. The highest BCUT2D eigenvalue weighted by Gasteiger charge is 2.30. The van der Waals surface area contributed by atoms with Crippen LogP contribution in [-0.4, -0.2) is 9.97 Å². The van der Waals surface area contributed by atoms with Crippen molar-refractivity contribution in [3.05, 3.63) is 22.1 Å². The summed E-state index contributed by atoms with van der Waals surface area (Å²) in [5.41, 5.74) is 6.30. The van der Waals surface area contributed by atoms with E-state index in [2.05, 4.69) is 16.9 Å². The molecule has 1 aromatic heterocycles. The summed E-state index contributed by atoms with van der Waals surface area (Å²) < 4.78 is 0. The second-order valence-electron chi connectivity index (χ2n) is 4.64. The molecule has 15 heavy (non-hydrogen) atoms. The van der Waals surface area contributed by atoms with Gasteiger partial charge in [-0.1, -0.05) is 26.2 Å². The summed E-state index contributed by atoms with van der Waals surface area (Å²) in [4.78, 5) is 18.1. The summed E-state index contributed by atoms with van der Waals surface area (Å²) in [6.07, 6.45) is 5.91. The van der Waals surface area contributed by atoms with E-state index in [1.54, 1.807) is 6.07 Å². The van der Waals surface area contributed by atoms with Gasteiger partial charge in [-0.25, -0.2) is 4.98 Å². The molecule has 0 unspecified atom stereocenters. The molecule has 1 heterocycles. The first-order valence-electron chi connectivity index (χ1n) is 5.47. The highest BCUT2D eigenvalue weighted by Crippen LogP contribution is 2.37. The fraction of sp³-hybridized carbons (Fsp3) is 0.636. The van der Waals surface area contributed by atoms with E-state index in [-0.39, 0.29) is 16.9 Å². The van der Waals surface area contributed by atoms with E-state index in [4.69, 9.17) is 5.73 Å². The maximum atomic E-state index is 11.3. The first-order valence-corrected chi connectivity index (χ1v) is 5.47. The Kier molecular flexibility index (Phi) is 2.50. The van der Waals surface area contributed by atoms with Crippen LogP contribution < -0.4 is 11.3 Å². The molecule has 0 saturated heterocycles. The quantitative estimate of drug-likeness (QED) is 0.734. The van der Waals surface area contributed by atoms with Crippen LogP contribution >= 0.6 is 0 Å². The van der Waals surface area contributed by atoms with E-state index in [0.717, 1.165) is 18.5 Å². The van der Waals surface area contributed by atoms with Gasteiger partial charge in [0, 0.05) is 11.5 Å². The Labute approximate surface area is 88.9 Å². The molecule has 1 aromatic rings. The first kappa shape index (κ1) is 10.2. The number of nitrogens with zero attached hydrogens (tertiary/aromatic N) is 1. The average Bonchev–Trinajstić information content (AvgIpc) is 2.17. The number of hydrogen-bond acceptors (Lipinski definition) is 3. The van der Waals surface area contributed by atoms with Gasteiger partial charge in [-0.2, -0.15) is 0 Å². The Morgan fingerprint density at radius 2 is 2.07 bits per heavy atom. The number of aromatic nitrogens is 2. The van der Waals surface area contributed by atoms with Crippen LogP contribution in [0.15, 0.2) is 10.9 Å². The van der Waals surface area contributed by atoms with E-state index >= 15 is 0 Å². The molecule has 1 aliphatic rings. The highest BCUT2D eigenvalue weighted by molar-refractivity contribution is 5.23. The van der Waals surface area contributed by atoms with Gasteiger partial charge in [0.05, 0.1) is 5.69 Å². The van der Waals surface area contributed by atoms with Crippen molar-refractivity contribution < 1.29 is 0 Å². The topological polar surface area (TPSA) is 71.8 Å². The first-order chi connectivity index (χ1) is 7.10. The number of aromatic amines is 1. The van der Waals surface area contributed by atoms with Gasteiger partial charge < -0.3 is 5.73 Å². The lowest BCUT2D eigenvalue weighted by Crippen LogP contribution is -2.29. The lowest BCUT2D eigenvalue weighted by atomic mass is 9.73. The maximum Gasteiger partial charge on any atom is 0.252 e. The zero-order chi connectivity index (χ0) is 10.9. The summed E-state index contributed by atoms with van der Waals surface area (Å²) >= 11 is 0. The van der Waals surface area contributed by atoms with E-state index in [1.165, 1.54) is 19.3 Å². The summed E-state index contributed by atoms with van der Waals surface area (Å²) in [5.74, 6) is 0.226. The van der Waals surface area contributed by atoms with Crippen LogP contribution in [0.5, 0.6) is 0 Å². The third kappa shape index (κ3) is 2.03. The fourth-order valence-corrected chi connectivity index (χ4v) is 2.37. The Bertz CT molecular complexity index is 405. The molecule has 1 fully saturated rings. The molecule has 4 nitrogen and oxygen atoms in total. The second-order valence-corrected chi connectivity index (χ2v) is 4.64. The van der Waals surface area contributed by atoms with E-state index < -0.39 is 0 Å². The van der Waals surface area contributed by atoms with Crippen LogP contribution in [-0.2, 0) is 5.41 Å². The zero-order valence-electron chi connectivity index (χ0n) is 9.05. The summed E-state index contributed by atoms with van der Waals surface area (Å²) in [7, 11) is 0. The lowest BCUT2D eigenvalue weighted by Gasteiger charge is -2.32. The van der Waals surface area contributed by atoms with Gasteiger partial charge in [0.2, 0.25) is 5.95 Å². The van der Waals surface area contributed by atoms with Crippen LogP contribution in [0.25, 0.3) is 0 Å². The average molecular weight is 207 g/mol. The number of H-pyrrole nitrogens is 1.